The lowest BCUT2D eigenvalue weighted by Gasteiger charge is -2.30. The molecule has 2 heterocycles. The van der Waals surface area contributed by atoms with Gasteiger partial charge in [0.25, 0.3) is 5.91 Å². The first-order valence-electron chi connectivity index (χ1n) is 14.7. The molecule has 0 spiro atoms. The number of nitrogens with zero attached hydrogens (tertiary/aromatic N) is 3. The second kappa shape index (κ2) is 11.8. The molecule has 4 aromatic rings. The molecule has 2 aromatic carbocycles. The van der Waals surface area contributed by atoms with Crippen LogP contribution < -0.4 is 20.5 Å². The fourth-order valence-electron chi connectivity index (χ4n) is 5.60. The number of carbonyl (C=O) groups excluding carboxylic acids is 2. The van der Waals surface area contributed by atoms with Gasteiger partial charge in [-0.15, -0.1) is 0 Å². The molecule has 14 heteroatoms. The molecule has 0 saturated heterocycles. The number of rotatable bonds is 12. The number of nitrogens with two attached hydrogens (primary N) is 1. The van der Waals surface area contributed by atoms with E-state index in [1.165, 1.54) is 30.1 Å². The van der Waals surface area contributed by atoms with E-state index in [1.807, 2.05) is 0 Å². The molecule has 0 unspecified atom stereocenters. The van der Waals surface area contributed by atoms with E-state index in [9.17, 15) is 19.1 Å². The van der Waals surface area contributed by atoms with Crippen LogP contribution in [-0.2, 0) is 22.6 Å². The number of alkyl halides is 1. The van der Waals surface area contributed by atoms with Crippen molar-refractivity contribution in [1.82, 2.24) is 20.1 Å². The number of hydrogen-bond donors (Lipinski definition) is 3. The molecule has 6 rings (SSSR count). The van der Waals surface area contributed by atoms with Gasteiger partial charge in [-0.2, -0.15) is 5.10 Å². The summed E-state index contributed by atoms with van der Waals surface area (Å²) in [7, 11) is 1.41. The third-order valence-electron chi connectivity index (χ3n) is 8.33. The summed E-state index contributed by atoms with van der Waals surface area (Å²) in [5, 5.41) is 19.3. The van der Waals surface area contributed by atoms with Crippen LogP contribution in [0.5, 0.6) is 11.5 Å². The zero-order valence-corrected chi connectivity index (χ0v) is 25.8. The highest BCUT2D eigenvalue weighted by Gasteiger charge is 2.48. The molecule has 2 aliphatic carbocycles. The average Bonchev–Trinajstić information content (AvgIpc) is 3.96. The van der Waals surface area contributed by atoms with Gasteiger partial charge in [-0.05, 0) is 56.0 Å². The van der Waals surface area contributed by atoms with Gasteiger partial charge >= 0.3 is 0 Å². The van der Waals surface area contributed by atoms with Crippen molar-refractivity contribution < 1.29 is 37.3 Å². The summed E-state index contributed by atoms with van der Waals surface area (Å²) >= 11 is 5.99. The standard InChI is InChI=1S/C32H31ClF3N5O5/c1-3-46-29-16(13-24(37)42)12-23(39-28(29)25-21(34)7-6-20(33)26(25)35)32(44,19-4-5-19)15-38-30(43)17-10-18-14-41(31(36)8-9-31)40-27(18)22(11-17)45-2/h6-7,10-12,14,19,44H,3-5,8-9,13,15H2,1-2H3,(H2,37,42)(H,38,43)/t32-/m1/s1. The van der Waals surface area contributed by atoms with Gasteiger partial charge in [-0.25, -0.2) is 22.8 Å². The van der Waals surface area contributed by atoms with Gasteiger partial charge in [0.05, 0.1) is 43.0 Å². The molecule has 1 atom stereocenters. The van der Waals surface area contributed by atoms with Gasteiger partial charge in [0.15, 0.2) is 5.82 Å². The van der Waals surface area contributed by atoms with Crippen LogP contribution in [0.15, 0.2) is 36.5 Å². The first kappa shape index (κ1) is 31.6. The molecule has 2 aromatic heterocycles. The zero-order valence-electron chi connectivity index (χ0n) is 25.0. The smallest absolute Gasteiger partial charge is 0.251 e. The summed E-state index contributed by atoms with van der Waals surface area (Å²) in [5.41, 5.74) is 3.43. The Bertz CT molecular complexity index is 1880. The van der Waals surface area contributed by atoms with Gasteiger partial charge in [0.2, 0.25) is 11.7 Å². The summed E-state index contributed by atoms with van der Waals surface area (Å²) in [6, 6.07) is 6.43. The molecule has 0 radical (unpaired) electrons. The van der Waals surface area contributed by atoms with Gasteiger partial charge in [-0.3, -0.25) is 9.59 Å². The molecule has 2 fully saturated rings. The molecule has 242 valence electrons. The van der Waals surface area contributed by atoms with Crippen LogP contribution in [0.2, 0.25) is 5.02 Å². The summed E-state index contributed by atoms with van der Waals surface area (Å²) in [6.07, 6.45) is 2.96. The summed E-state index contributed by atoms with van der Waals surface area (Å²) < 4.78 is 57.6. The number of pyridine rings is 1. The third-order valence-corrected chi connectivity index (χ3v) is 8.62. The molecule has 0 bridgehead atoms. The number of ether oxygens (including phenoxy) is 2. The van der Waals surface area contributed by atoms with E-state index < -0.39 is 40.4 Å². The van der Waals surface area contributed by atoms with E-state index in [0.717, 1.165) is 12.1 Å². The molecular weight excluding hydrogens is 627 g/mol. The largest absolute Gasteiger partial charge is 0.494 e. The fourth-order valence-corrected chi connectivity index (χ4v) is 5.75. The van der Waals surface area contributed by atoms with Gasteiger partial charge in [0, 0.05) is 35.6 Å². The maximum Gasteiger partial charge on any atom is 0.251 e. The highest BCUT2D eigenvalue weighted by molar-refractivity contribution is 6.31. The highest BCUT2D eigenvalue weighted by atomic mass is 35.5. The molecule has 2 aliphatic rings. The Morgan fingerprint density at radius 1 is 1.24 bits per heavy atom. The van der Waals surface area contributed by atoms with Gasteiger partial charge in [-0.1, -0.05) is 11.6 Å². The number of benzene rings is 2. The number of halogens is 4. The highest BCUT2D eigenvalue weighted by Crippen LogP contribution is 2.48. The number of nitrogens with one attached hydrogen (secondary N) is 1. The zero-order chi connectivity index (χ0) is 33.0. The second-order valence-corrected chi connectivity index (χ2v) is 12.0. The summed E-state index contributed by atoms with van der Waals surface area (Å²) in [4.78, 5) is 30.0. The normalized spacial score (nSPS) is 16.6. The van der Waals surface area contributed by atoms with Crippen LogP contribution in [0.4, 0.5) is 13.2 Å². The fraction of sp³-hybridized carbons (Fsp3) is 0.375. The van der Waals surface area contributed by atoms with Crippen molar-refractivity contribution in [3.8, 4) is 22.8 Å². The Morgan fingerprint density at radius 2 is 1.98 bits per heavy atom. The third kappa shape index (κ3) is 5.73. The van der Waals surface area contributed by atoms with Crippen LogP contribution in [0, 0.1) is 17.6 Å². The lowest BCUT2D eigenvalue weighted by atomic mass is 9.90. The molecule has 46 heavy (non-hydrogen) atoms. The molecule has 0 aliphatic heterocycles. The number of carbonyl (C=O) groups is 2. The minimum absolute atomic E-state index is 0.0456. The second-order valence-electron chi connectivity index (χ2n) is 11.6. The number of methoxy groups -OCH3 is 1. The maximum absolute atomic E-state index is 15.3. The molecule has 2 saturated carbocycles. The van der Waals surface area contributed by atoms with Crippen LogP contribution >= 0.6 is 11.6 Å². The van der Waals surface area contributed by atoms with Crippen LogP contribution in [0.25, 0.3) is 22.2 Å². The van der Waals surface area contributed by atoms with Crippen LogP contribution in [-0.4, -0.2) is 51.9 Å². The predicted octanol–water partition coefficient (Wildman–Crippen LogP) is 4.91. The van der Waals surface area contributed by atoms with Crippen molar-refractivity contribution in [3.05, 3.63) is 70.0 Å². The quantitative estimate of drug-likeness (QED) is 0.184. The number of primary amides is 1. The van der Waals surface area contributed by atoms with Crippen molar-refractivity contribution in [3.63, 3.8) is 0 Å². The minimum atomic E-state index is -1.82. The summed E-state index contributed by atoms with van der Waals surface area (Å²) in [6.45, 7) is 1.36. The van der Waals surface area contributed by atoms with Crippen molar-refractivity contribution >= 4 is 34.3 Å². The van der Waals surface area contributed by atoms with E-state index in [1.54, 1.807) is 13.0 Å². The molecular formula is C32H31ClF3N5O5. The number of amides is 2. The van der Waals surface area contributed by atoms with E-state index in [0.29, 0.717) is 36.6 Å². The van der Waals surface area contributed by atoms with Crippen molar-refractivity contribution in [2.75, 3.05) is 20.3 Å². The molecule has 4 N–H and O–H groups in total. The first-order chi connectivity index (χ1) is 21.9. The molecule has 2 amide bonds. The Morgan fingerprint density at radius 3 is 2.61 bits per heavy atom. The predicted molar refractivity (Wildman–Crippen MR) is 162 cm³/mol. The lowest BCUT2D eigenvalue weighted by molar-refractivity contribution is -0.117. The van der Waals surface area contributed by atoms with Crippen molar-refractivity contribution in [2.45, 2.75) is 50.4 Å². The van der Waals surface area contributed by atoms with E-state index in [4.69, 9.17) is 26.8 Å². The topological polar surface area (TPSA) is 142 Å². The van der Waals surface area contributed by atoms with Crippen molar-refractivity contribution in [1.29, 1.82) is 0 Å². The molecule has 10 nitrogen and oxygen atoms in total. The Kier molecular flexibility index (Phi) is 8.09. The van der Waals surface area contributed by atoms with E-state index in [-0.39, 0.29) is 64.5 Å². The monoisotopic (exact) mass is 657 g/mol. The van der Waals surface area contributed by atoms with Crippen molar-refractivity contribution in [2.24, 2.45) is 11.7 Å². The van der Waals surface area contributed by atoms with Gasteiger partial charge in [0.1, 0.15) is 34.1 Å². The number of hydrogen-bond acceptors (Lipinski definition) is 7. The number of fused-ring (bicyclic) bond motifs is 1. The van der Waals surface area contributed by atoms with E-state index in [2.05, 4.69) is 15.4 Å². The summed E-state index contributed by atoms with van der Waals surface area (Å²) in [5.74, 6) is -5.19. The van der Waals surface area contributed by atoms with E-state index >= 15 is 8.78 Å². The Labute approximate surface area is 266 Å². The SMILES string of the molecule is CCOc1c(CC(N)=O)cc([C@@](O)(CNC(=O)c2cc(OC)c3nn(C4(F)CC4)cc3c2)C2CC2)nc1-c1c(F)ccc(Cl)c1F. The Balaban J connectivity index is 1.39. The van der Waals surface area contributed by atoms with Gasteiger partial charge < -0.3 is 25.6 Å². The average molecular weight is 658 g/mol. The lowest BCUT2D eigenvalue weighted by Crippen LogP contribution is -2.43. The number of aromatic nitrogens is 3. The first-order valence-corrected chi connectivity index (χ1v) is 15.1. The minimum Gasteiger partial charge on any atom is -0.494 e. The maximum atomic E-state index is 15.3. The van der Waals surface area contributed by atoms with Crippen LogP contribution in [0.3, 0.4) is 0 Å². The number of aliphatic hydroxyl groups is 1. The Hall–Kier alpha value is -4.36. The van der Waals surface area contributed by atoms with Crippen LogP contribution in [0.1, 0.15) is 54.2 Å².